The standard InChI is InChI=1S/C14H14NO/c15-10-11-6-8-13(9-7-11)14(16)12-4-2-1-3-5-12/h1-9,14H,10,15H2. The zero-order chi connectivity index (χ0) is 11.4. The van der Waals surface area contributed by atoms with Gasteiger partial charge in [-0.1, -0.05) is 54.6 Å². The topological polar surface area (TPSA) is 45.9 Å². The lowest BCUT2D eigenvalue weighted by molar-refractivity contribution is 0.124. The zero-order valence-corrected chi connectivity index (χ0v) is 8.97. The molecule has 1 radical (unpaired) electrons. The summed E-state index contributed by atoms with van der Waals surface area (Å²) < 4.78 is 0. The highest BCUT2D eigenvalue weighted by Gasteiger charge is 2.11. The first-order chi connectivity index (χ1) is 7.81. The van der Waals surface area contributed by atoms with Gasteiger partial charge in [-0.3, -0.25) is 0 Å². The fourth-order valence-corrected chi connectivity index (χ4v) is 1.65. The minimum atomic E-state index is -0.812. The van der Waals surface area contributed by atoms with Gasteiger partial charge < -0.3 is 5.73 Å². The van der Waals surface area contributed by atoms with Crippen molar-refractivity contribution in [1.82, 2.24) is 0 Å². The lowest BCUT2D eigenvalue weighted by Gasteiger charge is -2.09. The summed E-state index contributed by atoms with van der Waals surface area (Å²) in [6.45, 7) is 0.509. The maximum absolute atomic E-state index is 12.1. The van der Waals surface area contributed by atoms with Gasteiger partial charge >= 0.3 is 0 Å². The molecule has 0 aliphatic carbocycles. The zero-order valence-electron chi connectivity index (χ0n) is 8.97. The Hall–Kier alpha value is -1.64. The summed E-state index contributed by atoms with van der Waals surface area (Å²) in [4.78, 5) is 0. The van der Waals surface area contributed by atoms with Gasteiger partial charge in [-0.2, -0.15) is 0 Å². The predicted molar refractivity (Wildman–Crippen MR) is 63.3 cm³/mol. The van der Waals surface area contributed by atoms with Crippen LogP contribution in [0, 0.1) is 0 Å². The second-order valence-corrected chi connectivity index (χ2v) is 3.74. The molecule has 2 aromatic rings. The van der Waals surface area contributed by atoms with Crippen LogP contribution in [-0.4, -0.2) is 0 Å². The second kappa shape index (κ2) is 4.92. The molecule has 2 N–H and O–H groups in total. The maximum Gasteiger partial charge on any atom is 0.143 e. The van der Waals surface area contributed by atoms with Gasteiger partial charge in [0.05, 0.1) is 0 Å². The third kappa shape index (κ3) is 2.30. The maximum atomic E-state index is 12.1. The van der Waals surface area contributed by atoms with E-state index in [1.165, 1.54) is 0 Å². The molecular weight excluding hydrogens is 198 g/mol. The number of rotatable bonds is 3. The largest absolute Gasteiger partial charge is 0.326 e. The van der Waals surface area contributed by atoms with Crippen molar-refractivity contribution in [2.24, 2.45) is 5.73 Å². The molecular formula is C14H14NO. The van der Waals surface area contributed by atoms with E-state index in [1.807, 2.05) is 54.6 Å². The van der Waals surface area contributed by atoms with Gasteiger partial charge in [0.15, 0.2) is 0 Å². The van der Waals surface area contributed by atoms with E-state index in [9.17, 15) is 5.11 Å². The molecule has 2 rings (SSSR count). The van der Waals surface area contributed by atoms with E-state index in [0.29, 0.717) is 6.54 Å². The van der Waals surface area contributed by atoms with Crippen LogP contribution in [0.2, 0.25) is 0 Å². The summed E-state index contributed by atoms with van der Waals surface area (Å²) in [5.74, 6) is 0. The first kappa shape index (κ1) is 10.9. The summed E-state index contributed by atoms with van der Waals surface area (Å²) in [7, 11) is 0. The Morgan fingerprint density at radius 2 is 1.44 bits per heavy atom. The third-order valence-electron chi connectivity index (χ3n) is 2.62. The van der Waals surface area contributed by atoms with Gasteiger partial charge in [-0.15, -0.1) is 0 Å². The van der Waals surface area contributed by atoms with Crippen molar-refractivity contribution in [2.45, 2.75) is 12.6 Å². The van der Waals surface area contributed by atoms with Crippen LogP contribution in [0.4, 0.5) is 0 Å². The summed E-state index contributed by atoms with van der Waals surface area (Å²) in [5, 5.41) is 12.1. The number of benzene rings is 2. The summed E-state index contributed by atoms with van der Waals surface area (Å²) in [5.41, 5.74) is 8.13. The Bertz CT molecular complexity index is 436. The Balaban J connectivity index is 2.24. The molecule has 0 aliphatic heterocycles. The molecule has 2 heteroatoms. The van der Waals surface area contributed by atoms with Crippen LogP contribution in [-0.2, 0) is 11.7 Å². The van der Waals surface area contributed by atoms with Crippen molar-refractivity contribution < 1.29 is 5.11 Å². The van der Waals surface area contributed by atoms with E-state index in [-0.39, 0.29) is 0 Å². The first-order valence-corrected chi connectivity index (χ1v) is 5.31. The van der Waals surface area contributed by atoms with Gasteiger partial charge in [0.1, 0.15) is 6.10 Å². The van der Waals surface area contributed by atoms with Crippen LogP contribution in [0.15, 0.2) is 54.6 Å². The van der Waals surface area contributed by atoms with Gasteiger partial charge in [0.25, 0.3) is 0 Å². The monoisotopic (exact) mass is 212 g/mol. The molecule has 81 valence electrons. The molecule has 0 spiro atoms. The predicted octanol–water partition coefficient (Wildman–Crippen LogP) is 2.67. The highest BCUT2D eigenvalue weighted by molar-refractivity contribution is 5.31. The molecule has 1 atom stereocenters. The molecule has 0 amide bonds. The number of hydrogen-bond acceptors (Lipinski definition) is 1. The molecule has 0 fully saturated rings. The minimum absolute atomic E-state index is 0.509. The van der Waals surface area contributed by atoms with E-state index in [2.05, 4.69) is 0 Å². The lowest BCUT2D eigenvalue weighted by atomic mass is 10.0. The first-order valence-electron chi connectivity index (χ1n) is 5.31. The summed E-state index contributed by atoms with van der Waals surface area (Å²) >= 11 is 0. The highest BCUT2D eigenvalue weighted by Crippen LogP contribution is 2.22. The molecule has 1 unspecified atom stereocenters. The van der Waals surface area contributed by atoms with E-state index >= 15 is 0 Å². The van der Waals surface area contributed by atoms with Gasteiger partial charge in [0, 0.05) is 6.54 Å². The molecule has 2 aromatic carbocycles. The smallest absolute Gasteiger partial charge is 0.143 e. The van der Waals surface area contributed by atoms with Gasteiger partial charge in [-0.25, -0.2) is 5.11 Å². The second-order valence-electron chi connectivity index (χ2n) is 3.74. The SMILES string of the molecule is NCc1ccc(C([O])c2ccccc2)cc1. The lowest BCUT2D eigenvalue weighted by Crippen LogP contribution is -2.00. The Kier molecular flexibility index (Phi) is 3.34. The fourth-order valence-electron chi connectivity index (χ4n) is 1.65. The van der Waals surface area contributed by atoms with Crippen LogP contribution in [0.25, 0.3) is 0 Å². The van der Waals surface area contributed by atoms with E-state index in [0.717, 1.165) is 16.7 Å². The quantitative estimate of drug-likeness (QED) is 0.835. The van der Waals surface area contributed by atoms with E-state index < -0.39 is 6.10 Å². The van der Waals surface area contributed by atoms with Crippen molar-refractivity contribution in [1.29, 1.82) is 0 Å². The summed E-state index contributed by atoms with van der Waals surface area (Å²) in [6.07, 6.45) is -0.812. The van der Waals surface area contributed by atoms with Crippen LogP contribution in [0.5, 0.6) is 0 Å². The Labute approximate surface area is 95.4 Å². The number of nitrogens with two attached hydrogens (primary N) is 1. The van der Waals surface area contributed by atoms with Crippen molar-refractivity contribution in [3.05, 3.63) is 71.3 Å². The average molecular weight is 212 g/mol. The Morgan fingerprint density at radius 3 is 2.00 bits per heavy atom. The van der Waals surface area contributed by atoms with Crippen LogP contribution < -0.4 is 5.73 Å². The van der Waals surface area contributed by atoms with Crippen molar-refractivity contribution in [2.75, 3.05) is 0 Å². The van der Waals surface area contributed by atoms with Crippen LogP contribution in [0.3, 0.4) is 0 Å². The minimum Gasteiger partial charge on any atom is -0.326 e. The molecule has 0 heterocycles. The number of hydrogen-bond donors (Lipinski definition) is 1. The van der Waals surface area contributed by atoms with Crippen LogP contribution in [0.1, 0.15) is 22.8 Å². The molecule has 0 saturated carbocycles. The normalized spacial score (nSPS) is 12.4. The molecule has 16 heavy (non-hydrogen) atoms. The highest BCUT2D eigenvalue weighted by atomic mass is 16.3. The molecule has 0 saturated heterocycles. The van der Waals surface area contributed by atoms with Gasteiger partial charge in [-0.05, 0) is 16.7 Å². The summed E-state index contributed by atoms with van der Waals surface area (Å²) in [6, 6.07) is 16.9. The van der Waals surface area contributed by atoms with Crippen molar-refractivity contribution in [3.63, 3.8) is 0 Å². The Morgan fingerprint density at radius 1 is 0.875 bits per heavy atom. The molecule has 0 aliphatic rings. The molecule has 0 aromatic heterocycles. The van der Waals surface area contributed by atoms with Crippen molar-refractivity contribution in [3.8, 4) is 0 Å². The fraction of sp³-hybridized carbons (Fsp3) is 0.143. The van der Waals surface area contributed by atoms with Gasteiger partial charge in [0.2, 0.25) is 0 Å². The molecule has 0 bridgehead atoms. The van der Waals surface area contributed by atoms with E-state index in [1.54, 1.807) is 0 Å². The van der Waals surface area contributed by atoms with E-state index in [4.69, 9.17) is 5.73 Å². The van der Waals surface area contributed by atoms with Crippen LogP contribution >= 0.6 is 0 Å². The third-order valence-corrected chi connectivity index (χ3v) is 2.62. The van der Waals surface area contributed by atoms with Crippen molar-refractivity contribution >= 4 is 0 Å². The molecule has 2 nitrogen and oxygen atoms in total. The average Bonchev–Trinajstić information content (AvgIpc) is 2.39.